The second kappa shape index (κ2) is 8.57. The van der Waals surface area contributed by atoms with Crippen molar-refractivity contribution >= 4 is 47.4 Å². The maximum Gasteiger partial charge on any atom is 0.242 e. The van der Waals surface area contributed by atoms with E-state index in [0.29, 0.717) is 24.7 Å². The number of guanidine groups is 1. The van der Waals surface area contributed by atoms with E-state index in [9.17, 15) is 4.79 Å². The van der Waals surface area contributed by atoms with Crippen LogP contribution >= 0.6 is 35.6 Å². The minimum Gasteiger partial charge on any atom is -0.349 e. The summed E-state index contributed by atoms with van der Waals surface area (Å²) in [5.41, 5.74) is 1.10. The van der Waals surface area contributed by atoms with Crippen LogP contribution in [0.4, 0.5) is 0 Å². The van der Waals surface area contributed by atoms with Crippen molar-refractivity contribution in [3.63, 3.8) is 0 Å². The summed E-state index contributed by atoms with van der Waals surface area (Å²) >= 11 is 5.88. The zero-order valence-electron chi connectivity index (χ0n) is 13.1. The lowest BCUT2D eigenvalue weighted by molar-refractivity contribution is -0.135. The third-order valence-electron chi connectivity index (χ3n) is 3.49. The molecule has 1 amide bonds. The Hall–Kier alpha value is -1.02. The first-order chi connectivity index (χ1) is 10.0. The van der Waals surface area contributed by atoms with Gasteiger partial charge in [0.2, 0.25) is 5.91 Å². The van der Waals surface area contributed by atoms with Crippen LogP contribution in [0.15, 0.2) is 29.3 Å². The van der Waals surface area contributed by atoms with Crippen molar-refractivity contribution in [1.29, 1.82) is 0 Å². The minimum absolute atomic E-state index is 0. The van der Waals surface area contributed by atoms with Crippen LogP contribution < -0.4 is 0 Å². The molecule has 2 rings (SSSR count). The Kier molecular flexibility index (Phi) is 7.41. The third-order valence-corrected chi connectivity index (χ3v) is 3.74. The summed E-state index contributed by atoms with van der Waals surface area (Å²) in [7, 11) is 5.62. The number of piperazine rings is 1. The molecule has 122 valence electrons. The number of hydrogen-bond acceptors (Lipinski definition) is 2. The van der Waals surface area contributed by atoms with Gasteiger partial charge in [0.05, 0.1) is 6.54 Å². The van der Waals surface area contributed by atoms with E-state index in [0.717, 1.165) is 18.1 Å². The van der Waals surface area contributed by atoms with Gasteiger partial charge in [0.15, 0.2) is 5.96 Å². The average Bonchev–Trinajstić information content (AvgIpc) is 2.44. The van der Waals surface area contributed by atoms with E-state index < -0.39 is 0 Å². The quantitative estimate of drug-likeness (QED) is 0.405. The van der Waals surface area contributed by atoms with Crippen LogP contribution in [0.2, 0.25) is 5.02 Å². The van der Waals surface area contributed by atoms with Gasteiger partial charge >= 0.3 is 0 Å². The van der Waals surface area contributed by atoms with Crippen LogP contribution in [0.3, 0.4) is 0 Å². The standard InChI is InChI=1S/C15H21ClN4O.HI/c1-17-15(18(2)3)20-9-8-19(14(21)11-20)10-12-4-6-13(16)7-5-12;/h4-7H,8-11H2,1-3H3;1H. The van der Waals surface area contributed by atoms with Crippen molar-refractivity contribution in [1.82, 2.24) is 14.7 Å². The molecule has 1 aromatic carbocycles. The number of hydrogen-bond donors (Lipinski definition) is 0. The molecule has 1 aliphatic heterocycles. The fourth-order valence-corrected chi connectivity index (χ4v) is 2.61. The zero-order chi connectivity index (χ0) is 15.4. The molecule has 0 bridgehead atoms. The van der Waals surface area contributed by atoms with E-state index >= 15 is 0 Å². The Morgan fingerprint density at radius 1 is 1.27 bits per heavy atom. The Labute approximate surface area is 153 Å². The first-order valence-electron chi connectivity index (χ1n) is 6.92. The molecule has 0 atom stereocenters. The molecule has 0 unspecified atom stereocenters. The average molecular weight is 437 g/mol. The molecule has 0 saturated carbocycles. The number of carbonyl (C=O) groups is 1. The summed E-state index contributed by atoms with van der Waals surface area (Å²) in [5, 5.41) is 0.713. The summed E-state index contributed by atoms with van der Waals surface area (Å²) in [5.74, 6) is 0.966. The highest BCUT2D eigenvalue weighted by Gasteiger charge is 2.26. The van der Waals surface area contributed by atoms with Crippen LogP contribution in [0, 0.1) is 0 Å². The Morgan fingerprint density at radius 2 is 1.91 bits per heavy atom. The van der Waals surface area contributed by atoms with Crippen molar-refractivity contribution in [3.8, 4) is 0 Å². The van der Waals surface area contributed by atoms with Crippen molar-refractivity contribution in [2.24, 2.45) is 4.99 Å². The molecule has 0 aromatic heterocycles. The van der Waals surface area contributed by atoms with Gasteiger partial charge in [-0.25, -0.2) is 0 Å². The number of nitrogens with zero attached hydrogens (tertiary/aromatic N) is 4. The molecular formula is C15H22ClIN4O. The molecule has 5 nitrogen and oxygen atoms in total. The normalized spacial score (nSPS) is 15.6. The molecule has 1 saturated heterocycles. The summed E-state index contributed by atoms with van der Waals surface area (Å²) in [6, 6.07) is 7.62. The molecular weight excluding hydrogens is 415 g/mol. The lowest BCUT2D eigenvalue weighted by Crippen LogP contribution is -2.54. The first kappa shape index (κ1) is 19.0. The van der Waals surface area contributed by atoms with Gasteiger partial charge in [-0.1, -0.05) is 23.7 Å². The largest absolute Gasteiger partial charge is 0.349 e. The van der Waals surface area contributed by atoms with E-state index in [-0.39, 0.29) is 29.9 Å². The lowest BCUT2D eigenvalue weighted by Gasteiger charge is -2.37. The lowest BCUT2D eigenvalue weighted by atomic mass is 10.2. The number of aliphatic imine (C=N–C) groups is 1. The monoisotopic (exact) mass is 436 g/mol. The van der Waals surface area contributed by atoms with Crippen molar-refractivity contribution < 1.29 is 4.79 Å². The van der Waals surface area contributed by atoms with Crippen molar-refractivity contribution in [2.75, 3.05) is 40.8 Å². The second-order valence-electron chi connectivity index (χ2n) is 5.28. The van der Waals surface area contributed by atoms with Gasteiger partial charge in [0, 0.05) is 45.8 Å². The van der Waals surface area contributed by atoms with Gasteiger partial charge in [-0.15, -0.1) is 24.0 Å². The van der Waals surface area contributed by atoms with Crippen LogP contribution in [-0.4, -0.2) is 67.3 Å². The van der Waals surface area contributed by atoms with Crippen LogP contribution in [0.1, 0.15) is 5.56 Å². The fourth-order valence-electron chi connectivity index (χ4n) is 2.48. The van der Waals surface area contributed by atoms with Crippen molar-refractivity contribution in [2.45, 2.75) is 6.54 Å². The number of rotatable bonds is 2. The molecule has 1 heterocycles. The maximum atomic E-state index is 12.3. The van der Waals surface area contributed by atoms with Crippen LogP contribution in [0.25, 0.3) is 0 Å². The van der Waals surface area contributed by atoms with Gasteiger partial charge in [0.25, 0.3) is 0 Å². The van der Waals surface area contributed by atoms with Crippen LogP contribution in [-0.2, 0) is 11.3 Å². The van der Waals surface area contributed by atoms with Gasteiger partial charge in [-0.3, -0.25) is 9.79 Å². The second-order valence-corrected chi connectivity index (χ2v) is 5.72. The highest BCUT2D eigenvalue weighted by atomic mass is 127. The third kappa shape index (κ3) is 4.74. The predicted molar refractivity (Wildman–Crippen MR) is 101 cm³/mol. The summed E-state index contributed by atoms with van der Waals surface area (Å²) in [6.07, 6.45) is 0. The van der Waals surface area contributed by atoms with Crippen LogP contribution in [0.5, 0.6) is 0 Å². The minimum atomic E-state index is 0. The number of carbonyl (C=O) groups excluding carboxylic acids is 1. The Morgan fingerprint density at radius 3 is 2.41 bits per heavy atom. The molecule has 1 aromatic rings. The summed E-state index contributed by atoms with van der Waals surface area (Å²) < 4.78 is 0. The van der Waals surface area contributed by atoms with E-state index in [1.165, 1.54) is 0 Å². The molecule has 0 spiro atoms. The highest BCUT2D eigenvalue weighted by molar-refractivity contribution is 14.0. The molecule has 0 radical (unpaired) electrons. The fraction of sp³-hybridized carbons (Fsp3) is 0.467. The van der Waals surface area contributed by atoms with Gasteiger partial charge in [0.1, 0.15) is 0 Å². The number of halogens is 2. The van der Waals surface area contributed by atoms with E-state index in [2.05, 4.69) is 4.99 Å². The molecule has 0 aliphatic carbocycles. The topological polar surface area (TPSA) is 39.1 Å². The summed E-state index contributed by atoms with van der Waals surface area (Å²) in [4.78, 5) is 22.4. The molecule has 22 heavy (non-hydrogen) atoms. The highest BCUT2D eigenvalue weighted by Crippen LogP contribution is 2.14. The first-order valence-corrected chi connectivity index (χ1v) is 7.30. The molecule has 1 fully saturated rings. The van der Waals surface area contributed by atoms with Gasteiger partial charge in [-0.2, -0.15) is 0 Å². The Balaban J connectivity index is 0.00000242. The van der Waals surface area contributed by atoms with Gasteiger partial charge < -0.3 is 14.7 Å². The van der Waals surface area contributed by atoms with E-state index in [1.807, 2.05) is 53.1 Å². The van der Waals surface area contributed by atoms with E-state index in [4.69, 9.17) is 11.6 Å². The zero-order valence-corrected chi connectivity index (χ0v) is 16.2. The van der Waals surface area contributed by atoms with Crippen molar-refractivity contribution in [3.05, 3.63) is 34.9 Å². The summed E-state index contributed by atoms with van der Waals surface area (Å²) in [6.45, 7) is 2.50. The predicted octanol–water partition coefficient (Wildman–Crippen LogP) is 2.15. The number of benzene rings is 1. The Bertz CT molecular complexity index is 533. The van der Waals surface area contributed by atoms with Gasteiger partial charge in [-0.05, 0) is 17.7 Å². The maximum absolute atomic E-state index is 12.3. The van der Waals surface area contributed by atoms with E-state index in [1.54, 1.807) is 7.05 Å². The SMILES string of the molecule is CN=C(N(C)C)N1CCN(Cc2ccc(Cl)cc2)C(=O)C1.I. The smallest absolute Gasteiger partial charge is 0.242 e. The number of amides is 1. The molecule has 1 aliphatic rings. The molecule has 0 N–H and O–H groups in total. The molecule has 7 heteroatoms.